The van der Waals surface area contributed by atoms with Crippen LogP contribution in [0.4, 0.5) is 0 Å². The minimum Gasteiger partial charge on any atom is -0.179 e. The standard InChI is InChI=1S/C18H23IS/c1-2-3-14-20(19,15-17-10-6-4-7-11-17)16-18-12-8-5-9-13-18/h4-13H,2-3,14-16H2,1H3. The summed E-state index contributed by atoms with van der Waals surface area (Å²) in [5, 5.41) is 0. The number of halogens is 1. The van der Waals surface area contributed by atoms with E-state index < -0.39 is 7.20 Å². The Morgan fingerprint density at radius 2 is 1.25 bits per heavy atom. The maximum absolute atomic E-state index is 2.79. The first kappa shape index (κ1) is 15.9. The lowest BCUT2D eigenvalue weighted by molar-refractivity contribution is 0.891. The van der Waals surface area contributed by atoms with Gasteiger partial charge in [0.1, 0.15) is 0 Å². The lowest BCUT2D eigenvalue weighted by Gasteiger charge is -2.34. The monoisotopic (exact) mass is 398 g/mol. The predicted molar refractivity (Wildman–Crippen MR) is 102 cm³/mol. The van der Waals surface area contributed by atoms with E-state index in [0.29, 0.717) is 0 Å². The lowest BCUT2D eigenvalue weighted by Crippen LogP contribution is -2.05. The SMILES string of the molecule is CCCCS(I)(Cc1ccccc1)Cc1ccccc1. The van der Waals surface area contributed by atoms with E-state index >= 15 is 0 Å². The second-order valence-electron chi connectivity index (χ2n) is 5.26. The van der Waals surface area contributed by atoms with E-state index in [1.54, 1.807) is 0 Å². The summed E-state index contributed by atoms with van der Waals surface area (Å²) in [6.45, 7) is 2.29. The van der Waals surface area contributed by atoms with Gasteiger partial charge in [-0.15, -0.1) is 0 Å². The third-order valence-electron chi connectivity index (χ3n) is 3.40. The topological polar surface area (TPSA) is 0 Å². The minimum absolute atomic E-state index is 0.637. The molecule has 0 spiro atoms. The highest BCUT2D eigenvalue weighted by Gasteiger charge is 2.21. The largest absolute Gasteiger partial charge is 0.179 e. The Balaban J connectivity index is 2.12. The highest BCUT2D eigenvalue weighted by molar-refractivity contribution is 14.2. The van der Waals surface area contributed by atoms with Crippen LogP contribution >= 0.6 is 28.4 Å². The van der Waals surface area contributed by atoms with Crippen LogP contribution in [0.1, 0.15) is 30.9 Å². The Morgan fingerprint density at radius 3 is 1.65 bits per heavy atom. The molecule has 0 N–H and O–H groups in total. The van der Waals surface area contributed by atoms with Crippen molar-refractivity contribution in [2.75, 3.05) is 5.75 Å². The molecule has 0 nitrogen and oxygen atoms in total. The molecule has 2 rings (SSSR count). The number of rotatable bonds is 7. The van der Waals surface area contributed by atoms with E-state index in [0.717, 1.165) is 0 Å². The van der Waals surface area contributed by atoms with E-state index in [9.17, 15) is 0 Å². The molecule has 0 aromatic heterocycles. The number of hydrogen-bond donors (Lipinski definition) is 0. The molecular formula is C18H23IS. The molecule has 0 aliphatic carbocycles. The van der Waals surface area contributed by atoms with Gasteiger partial charge in [-0.3, -0.25) is 0 Å². The smallest absolute Gasteiger partial charge is 0.0111 e. The first-order valence-electron chi connectivity index (χ1n) is 7.26. The van der Waals surface area contributed by atoms with Gasteiger partial charge in [-0.05, 0) is 44.5 Å². The van der Waals surface area contributed by atoms with Crippen LogP contribution in [0.2, 0.25) is 0 Å². The average Bonchev–Trinajstić information content (AvgIpc) is 2.47. The number of unbranched alkanes of at least 4 members (excludes halogenated alkanes) is 1. The van der Waals surface area contributed by atoms with Gasteiger partial charge in [-0.2, -0.15) is 7.20 Å². The van der Waals surface area contributed by atoms with Crippen molar-refractivity contribution in [3.63, 3.8) is 0 Å². The summed E-state index contributed by atoms with van der Waals surface area (Å²) >= 11 is 2.79. The fourth-order valence-electron chi connectivity index (χ4n) is 2.34. The van der Waals surface area contributed by atoms with Crippen molar-refractivity contribution < 1.29 is 0 Å². The van der Waals surface area contributed by atoms with Crippen molar-refractivity contribution in [2.24, 2.45) is 0 Å². The van der Waals surface area contributed by atoms with Gasteiger partial charge in [0.25, 0.3) is 0 Å². The summed E-state index contributed by atoms with van der Waals surface area (Å²) in [5.74, 6) is 3.85. The molecule has 0 heterocycles. The number of hydrogen-bond acceptors (Lipinski definition) is 0. The van der Waals surface area contributed by atoms with Crippen LogP contribution in [0.25, 0.3) is 0 Å². The Bertz CT molecular complexity index is 454. The Hall–Kier alpha value is -0.480. The van der Waals surface area contributed by atoms with Crippen LogP contribution in [0.15, 0.2) is 60.7 Å². The zero-order valence-electron chi connectivity index (χ0n) is 12.1. The summed E-state index contributed by atoms with van der Waals surface area (Å²) < 4.78 is 0. The highest BCUT2D eigenvalue weighted by atomic mass is 127. The molecule has 20 heavy (non-hydrogen) atoms. The maximum atomic E-state index is 2.79. The van der Waals surface area contributed by atoms with Gasteiger partial charge in [-0.1, -0.05) is 74.0 Å². The molecule has 0 unspecified atom stereocenters. The second kappa shape index (κ2) is 8.08. The van der Waals surface area contributed by atoms with Crippen LogP contribution in [0.3, 0.4) is 0 Å². The normalized spacial score (nSPS) is 12.3. The Morgan fingerprint density at radius 1 is 0.800 bits per heavy atom. The number of benzene rings is 2. The van der Waals surface area contributed by atoms with E-state index in [1.807, 2.05) is 0 Å². The summed E-state index contributed by atoms with van der Waals surface area (Å²) in [4.78, 5) is 0. The van der Waals surface area contributed by atoms with Gasteiger partial charge >= 0.3 is 0 Å². The van der Waals surface area contributed by atoms with Crippen molar-refractivity contribution >= 4 is 28.4 Å². The van der Waals surface area contributed by atoms with Crippen LogP contribution in [0, 0.1) is 0 Å². The molecule has 2 aromatic carbocycles. The molecule has 0 radical (unpaired) electrons. The molecule has 2 aromatic rings. The fraction of sp³-hybridized carbons (Fsp3) is 0.333. The molecule has 0 bridgehead atoms. The quantitative estimate of drug-likeness (QED) is 0.478. The zero-order chi connectivity index (χ0) is 14.3. The first-order valence-corrected chi connectivity index (χ1v) is 11.9. The van der Waals surface area contributed by atoms with Gasteiger partial charge < -0.3 is 0 Å². The van der Waals surface area contributed by atoms with Crippen LogP contribution in [-0.2, 0) is 11.5 Å². The van der Waals surface area contributed by atoms with Crippen LogP contribution < -0.4 is 0 Å². The Kier molecular flexibility index (Phi) is 6.43. The lowest BCUT2D eigenvalue weighted by atomic mass is 10.2. The molecule has 0 saturated carbocycles. The predicted octanol–water partition coefficient (Wildman–Crippen LogP) is 6.34. The van der Waals surface area contributed by atoms with Crippen molar-refractivity contribution in [1.29, 1.82) is 0 Å². The van der Waals surface area contributed by atoms with Gasteiger partial charge in [0.05, 0.1) is 0 Å². The second-order valence-corrected chi connectivity index (χ2v) is 13.7. The Labute approximate surface area is 136 Å². The fourth-order valence-corrected chi connectivity index (χ4v) is 8.21. The summed E-state index contributed by atoms with van der Waals surface area (Å²) in [6, 6.07) is 22.0. The van der Waals surface area contributed by atoms with Crippen molar-refractivity contribution in [1.82, 2.24) is 0 Å². The van der Waals surface area contributed by atoms with Crippen molar-refractivity contribution in [3.8, 4) is 0 Å². The molecule has 0 amide bonds. The van der Waals surface area contributed by atoms with Crippen molar-refractivity contribution in [2.45, 2.75) is 31.3 Å². The highest BCUT2D eigenvalue weighted by Crippen LogP contribution is 2.61. The zero-order valence-corrected chi connectivity index (χ0v) is 15.1. The molecule has 0 aliphatic heterocycles. The van der Waals surface area contributed by atoms with Crippen LogP contribution in [0.5, 0.6) is 0 Å². The van der Waals surface area contributed by atoms with Gasteiger partial charge in [0, 0.05) is 11.5 Å². The van der Waals surface area contributed by atoms with Gasteiger partial charge in [0.15, 0.2) is 0 Å². The minimum atomic E-state index is -0.637. The first-order chi connectivity index (χ1) is 9.72. The summed E-state index contributed by atoms with van der Waals surface area (Å²) in [7, 11) is -0.637. The summed E-state index contributed by atoms with van der Waals surface area (Å²) in [6.07, 6.45) is 2.64. The molecule has 0 atom stereocenters. The van der Waals surface area contributed by atoms with Gasteiger partial charge in [0.2, 0.25) is 0 Å². The van der Waals surface area contributed by atoms with E-state index in [4.69, 9.17) is 0 Å². The van der Waals surface area contributed by atoms with Crippen molar-refractivity contribution in [3.05, 3.63) is 71.8 Å². The molecule has 108 valence electrons. The average molecular weight is 398 g/mol. The molecule has 2 heteroatoms. The van der Waals surface area contributed by atoms with E-state index in [1.165, 1.54) is 41.2 Å². The molecule has 0 fully saturated rings. The van der Waals surface area contributed by atoms with Crippen LogP contribution in [-0.4, -0.2) is 5.75 Å². The van der Waals surface area contributed by atoms with Gasteiger partial charge in [-0.25, -0.2) is 0 Å². The molecular weight excluding hydrogens is 375 g/mol. The third-order valence-corrected chi connectivity index (χ3v) is 9.31. The maximum Gasteiger partial charge on any atom is 0.0111 e. The molecule has 0 saturated heterocycles. The molecule has 0 aliphatic rings. The summed E-state index contributed by atoms with van der Waals surface area (Å²) in [5.41, 5.74) is 2.98. The van der Waals surface area contributed by atoms with E-state index in [-0.39, 0.29) is 0 Å². The third kappa shape index (κ3) is 5.13. The van der Waals surface area contributed by atoms with E-state index in [2.05, 4.69) is 88.8 Å².